The van der Waals surface area contributed by atoms with Gasteiger partial charge in [-0.25, -0.2) is 33.9 Å². The second kappa shape index (κ2) is 20.2. The molecule has 1 aliphatic rings. The number of fused-ring (bicyclic) bond motifs is 1. The Morgan fingerprint density at radius 1 is 0.984 bits per heavy atom. The zero-order valence-electron chi connectivity index (χ0n) is 35.7. The first-order valence-electron chi connectivity index (χ1n) is 20.4. The average molecular weight is 943 g/mol. The SMILES string of the molecule is COc1ccccc1-c1nccc(COc2ccc(CN(CCN3CCN(C)CC3)C(=O)OC(C)(C)C)cc2CC(Oc2ncnc3sc(-c4ccc(F)cc4)c(Br)c23)C(=O)O)n1. The van der Waals surface area contributed by atoms with Crippen LogP contribution in [-0.4, -0.2) is 117 Å². The number of amides is 1. The molecule has 14 nitrogen and oxygen atoms in total. The number of thiophene rings is 1. The molecular weight excluding hydrogens is 894 g/mol. The molecule has 6 aromatic rings. The van der Waals surface area contributed by atoms with Gasteiger partial charge in [0.15, 0.2) is 5.82 Å². The lowest BCUT2D eigenvalue weighted by Gasteiger charge is -2.34. The number of carboxylic acids is 1. The molecule has 3 aromatic heterocycles. The van der Waals surface area contributed by atoms with Gasteiger partial charge in [0, 0.05) is 58.4 Å². The molecule has 1 atom stereocenters. The number of hydrogen-bond donors (Lipinski definition) is 1. The number of likely N-dealkylation sites (N-methyl/N-ethyl adjacent to an activating group) is 1. The Balaban J connectivity index is 1.20. The first-order valence-corrected chi connectivity index (χ1v) is 22.0. The summed E-state index contributed by atoms with van der Waals surface area (Å²) in [5, 5.41) is 11.2. The molecule has 0 radical (unpaired) electrons. The summed E-state index contributed by atoms with van der Waals surface area (Å²) in [5.74, 6) is -0.0555. The topological polar surface area (TPSA) is 153 Å². The minimum atomic E-state index is -1.43. The van der Waals surface area contributed by atoms with Gasteiger partial charge in [-0.05, 0) is 96.8 Å². The van der Waals surface area contributed by atoms with Gasteiger partial charge < -0.3 is 33.9 Å². The van der Waals surface area contributed by atoms with Crippen LogP contribution in [0.1, 0.15) is 37.6 Å². The molecule has 0 bridgehead atoms. The highest BCUT2D eigenvalue weighted by Crippen LogP contribution is 2.44. The van der Waals surface area contributed by atoms with Crippen LogP contribution in [0, 0.1) is 5.82 Å². The molecule has 17 heteroatoms. The molecule has 63 heavy (non-hydrogen) atoms. The highest BCUT2D eigenvalue weighted by atomic mass is 79.9. The van der Waals surface area contributed by atoms with Gasteiger partial charge >= 0.3 is 12.1 Å². The first-order chi connectivity index (χ1) is 30.2. The number of aromatic nitrogens is 4. The number of nitrogens with zero attached hydrogens (tertiary/aromatic N) is 7. The number of benzene rings is 3. The molecule has 330 valence electrons. The summed E-state index contributed by atoms with van der Waals surface area (Å²) in [6.07, 6.45) is 0.940. The quantitative estimate of drug-likeness (QED) is 0.0990. The molecule has 1 amide bonds. The van der Waals surface area contributed by atoms with E-state index in [4.69, 9.17) is 23.9 Å². The van der Waals surface area contributed by atoms with Crippen LogP contribution in [0.4, 0.5) is 9.18 Å². The number of carbonyl (C=O) groups is 2. The number of aliphatic carboxylic acids is 1. The van der Waals surface area contributed by atoms with Crippen LogP contribution in [0.15, 0.2) is 89.8 Å². The highest BCUT2D eigenvalue weighted by molar-refractivity contribution is 9.10. The molecular formula is C46H49BrFN7O7S. The molecule has 0 aliphatic carbocycles. The standard InChI is InChI=1S/C46H49BrFN7O7S/c1-46(2,3)62-45(58)55(23-22-54-20-18-53(4)19-21-54)26-29-10-15-35(60-27-33-16-17-49-41(52-33)34-8-6-7-9-36(34)59-5)31(24-29)25-37(44(56)57)61-42-38-39(47)40(63-43(38)51-28-50-42)30-11-13-32(48)14-12-30/h6-17,24,28,37H,18-23,25-27H2,1-5H3,(H,56,57). The van der Waals surface area contributed by atoms with Gasteiger partial charge in [0.25, 0.3) is 0 Å². The monoisotopic (exact) mass is 941 g/mol. The van der Waals surface area contributed by atoms with Gasteiger partial charge in [-0.2, -0.15) is 0 Å². The molecule has 4 heterocycles. The van der Waals surface area contributed by atoms with Crippen LogP contribution in [0.25, 0.3) is 32.0 Å². The van der Waals surface area contributed by atoms with Gasteiger partial charge in [0.2, 0.25) is 12.0 Å². The van der Waals surface area contributed by atoms with E-state index in [-0.39, 0.29) is 31.3 Å². The van der Waals surface area contributed by atoms with Crippen molar-refractivity contribution < 1.29 is 38.0 Å². The number of piperazine rings is 1. The van der Waals surface area contributed by atoms with Crippen molar-refractivity contribution in [3.8, 4) is 39.2 Å². The van der Waals surface area contributed by atoms with Crippen LogP contribution in [0.5, 0.6) is 17.4 Å². The third kappa shape index (κ3) is 11.6. The summed E-state index contributed by atoms with van der Waals surface area (Å²) < 4.78 is 38.4. The Bertz CT molecular complexity index is 2550. The van der Waals surface area contributed by atoms with Crippen molar-refractivity contribution in [3.63, 3.8) is 0 Å². The summed E-state index contributed by atoms with van der Waals surface area (Å²) in [7, 11) is 3.69. The number of ether oxygens (including phenoxy) is 4. The molecule has 3 aromatic carbocycles. The Labute approximate surface area is 377 Å². The van der Waals surface area contributed by atoms with Gasteiger partial charge in [-0.1, -0.05) is 36.4 Å². The molecule has 0 saturated carbocycles. The van der Waals surface area contributed by atoms with Crippen LogP contribution in [0.2, 0.25) is 0 Å². The normalized spacial score (nSPS) is 14.0. The molecule has 0 spiro atoms. The van der Waals surface area contributed by atoms with E-state index < -0.39 is 23.8 Å². The Hall–Kier alpha value is -5.75. The van der Waals surface area contributed by atoms with Crippen molar-refractivity contribution in [2.45, 2.75) is 52.0 Å². The number of para-hydroxylation sites is 1. The number of hydrogen-bond acceptors (Lipinski definition) is 13. The minimum absolute atomic E-state index is 0.0329. The van der Waals surface area contributed by atoms with Crippen molar-refractivity contribution in [1.29, 1.82) is 0 Å². The van der Waals surface area contributed by atoms with Crippen LogP contribution in [0.3, 0.4) is 0 Å². The van der Waals surface area contributed by atoms with Gasteiger partial charge in [0.05, 0.1) is 33.1 Å². The van der Waals surface area contributed by atoms with E-state index in [1.165, 1.54) is 29.8 Å². The smallest absolute Gasteiger partial charge is 0.410 e. The number of halogens is 2. The summed E-state index contributed by atoms with van der Waals surface area (Å²) in [4.78, 5) is 52.4. The van der Waals surface area contributed by atoms with E-state index in [0.29, 0.717) is 56.4 Å². The maximum absolute atomic E-state index is 13.8. The van der Waals surface area contributed by atoms with Crippen molar-refractivity contribution in [3.05, 3.63) is 112 Å². The Morgan fingerprint density at radius 3 is 2.48 bits per heavy atom. The molecule has 1 fully saturated rings. The lowest BCUT2D eigenvalue weighted by molar-refractivity contribution is -0.145. The Morgan fingerprint density at radius 2 is 1.75 bits per heavy atom. The summed E-state index contributed by atoms with van der Waals surface area (Å²) in [6, 6.07) is 20.7. The second-order valence-corrected chi connectivity index (χ2v) is 17.9. The van der Waals surface area contributed by atoms with E-state index in [1.807, 2.05) is 57.2 Å². The van der Waals surface area contributed by atoms with Crippen molar-refractivity contribution in [2.24, 2.45) is 0 Å². The van der Waals surface area contributed by atoms with Gasteiger partial charge in [-0.15, -0.1) is 11.3 Å². The average Bonchev–Trinajstić information content (AvgIpc) is 3.61. The largest absolute Gasteiger partial charge is 0.496 e. The fourth-order valence-corrected chi connectivity index (χ4v) is 8.99. The summed E-state index contributed by atoms with van der Waals surface area (Å²) >= 11 is 5.00. The third-order valence-electron chi connectivity index (χ3n) is 10.3. The molecule has 1 N–H and O–H groups in total. The van der Waals surface area contributed by atoms with Crippen LogP contribution >= 0.6 is 27.3 Å². The molecule has 1 unspecified atom stereocenters. The number of carboxylic acid groups (broad SMARTS) is 1. The maximum atomic E-state index is 13.8. The highest BCUT2D eigenvalue weighted by Gasteiger charge is 2.28. The lowest BCUT2D eigenvalue weighted by Crippen LogP contribution is -2.48. The van der Waals surface area contributed by atoms with Gasteiger partial charge in [0.1, 0.15) is 40.7 Å². The van der Waals surface area contributed by atoms with Crippen LogP contribution in [-0.2, 0) is 29.1 Å². The van der Waals surface area contributed by atoms with E-state index in [9.17, 15) is 19.1 Å². The fourth-order valence-electron chi connectivity index (χ4n) is 7.00. The van der Waals surface area contributed by atoms with E-state index >= 15 is 0 Å². The van der Waals surface area contributed by atoms with Crippen LogP contribution < -0.4 is 14.2 Å². The Kier molecular flexibility index (Phi) is 14.5. The predicted octanol–water partition coefficient (Wildman–Crippen LogP) is 8.36. The maximum Gasteiger partial charge on any atom is 0.410 e. The summed E-state index contributed by atoms with van der Waals surface area (Å²) in [5.41, 5.74) is 2.58. The second-order valence-electron chi connectivity index (χ2n) is 16.1. The zero-order chi connectivity index (χ0) is 44.7. The van der Waals surface area contributed by atoms with Gasteiger partial charge in [-0.3, -0.25) is 4.90 Å². The lowest BCUT2D eigenvalue weighted by atomic mass is 10.0. The van der Waals surface area contributed by atoms with E-state index in [0.717, 1.165) is 47.7 Å². The van der Waals surface area contributed by atoms with E-state index in [2.05, 4.69) is 47.7 Å². The molecule has 7 rings (SSSR count). The summed E-state index contributed by atoms with van der Waals surface area (Å²) in [6.45, 7) is 10.5. The number of rotatable bonds is 16. The molecule has 1 saturated heterocycles. The first kappa shape index (κ1) is 45.3. The number of carbonyl (C=O) groups excluding carboxylic acids is 1. The minimum Gasteiger partial charge on any atom is -0.496 e. The predicted molar refractivity (Wildman–Crippen MR) is 242 cm³/mol. The van der Waals surface area contributed by atoms with Crippen molar-refractivity contribution >= 4 is 49.5 Å². The third-order valence-corrected chi connectivity index (χ3v) is 12.5. The zero-order valence-corrected chi connectivity index (χ0v) is 38.1. The molecule has 1 aliphatic heterocycles. The van der Waals surface area contributed by atoms with E-state index in [1.54, 1.807) is 42.5 Å². The van der Waals surface area contributed by atoms with Crippen molar-refractivity contribution in [1.82, 2.24) is 34.6 Å². The fraction of sp³-hybridized carbons (Fsp3) is 0.348. The number of methoxy groups -OCH3 is 1. The van der Waals surface area contributed by atoms with Crippen molar-refractivity contribution in [2.75, 3.05) is 53.4 Å².